The molecule has 4 rings (SSSR count). The summed E-state index contributed by atoms with van der Waals surface area (Å²) in [4.78, 5) is 19.5. The number of carbonyl (C=O) groups is 1. The zero-order valence-electron chi connectivity index (χ0n) is 17.9. The van der Waals surface area contributed by atoms with Gasteiger partial charge in [0.2, 0.25) is 15.9 Å². The number of aromatic nitrogens is 1. The molecule has 1 N–H and O–H groups in total. The van der Waals surface area contributed by atoms with Gasteiger partial charge in [0.15, 0.2) is 0 Å². The van der Waals surface area contributed by atoms with E-state index in [1.54, 1.807) is 48.7 Å². The van der Waals surface area contributed by atoms with Crippen molar-refractivity contribution in [1.82, 2.24) is 9.29 Å². The Balaban J connectivity index is 1.48. The van der Waals surface area contributed by atoms with Crippen LogP contribution in [0.2, 0.25) is 0 Å². The van der Waals surface area contributed by atoms with E-state index in [2.05, 4.69) is 15.2 Å². The highest BCUT2D eigenvalue weighted by atomic mass is 32.2. The highest BCUT2D eigenvalue weighted by Gasteiger charge is 2.28. The first-order chi connectivity index (χ1) is 15.4. The Bertz CT molecular complexity index is 1140. The number of furan rings is 1. The van der Waals surface area contributed by atoms with Crippen molar-refractivity contribution in [1.29, 1.82) is 0 Å². The molecule has 1 saturated heterocycles. The molecule has 9 heteroatoms. The number of rotatable bonds is 8. The second-order valence-corrected chi connectivity index (χ2v) is 9.75. The molecule has 0 saturated carbocycles. The maximum Gasteiger partial charge on any atom is 0.243 e. The van der Waals surface area contributed by atoms with Gasteiger partial charge in [0.05, 0.1) is 36.1 Å². The first-order valence-electron chi connectivity index (χ1n) is 10.5. The lowest BCUT2D eigenvalue weighted by molar-refractivity contribution is -0.116. The first kappa shape index (κ1) is 22.0. The summed E-state index contributed by atoms with van der Waals surface area (Å²) in [7, 11) is -3.91. The molecule has 0 unspecified atom stereocenters. The molecule has 168 valence electrons. The van der Waals surface area contributed by atoms with Crippen molar-refractivity contribution in [3.8, 4) is 0 Å². The van der Waals surface area contributed by atoms with Crippen LogP contribution in [0, 0.1) is 6.92 Å². The van der Waals surface area contributed by atoms with Crippen LogP contribution in [0.4, 0.5) is 11.5 Å². The van der Waals surface area contributed by atoms with Gasteiger partial charge >= 0.3 is 0 Å². The molecule has 0 aliphatic carbocycles. The van der Waals surface area contributed by atoms with E-state index in [-0.39, 0.29) is 18.0 Å². The average Bonchev–Trinajstić information content (AvgIpc) is 3.49. The highest BCUT2D eigenvalue weighted by Crippen LogP contribution is 2.21. The number of amides is 1. The molecule has 1 aromatic carbocycles. The summed E-state index contributed by atoms with van der Waals surface area (Å²) >= 11 is 0. The molecule has 0 atom stereocenters. The van der Waals surface area contributed by atoms with Crippen molar-refractivity contribution in [3.63, 3.8) is 0 Å². The molecule has 1 amide bonds. The number of benzene rings is 1. The van der Waals surface area contributed by atoms with Gasteiger partial charge in [0.25, 0.3) is 0 Å². The van der Waals surface area contributed by atoms with Gasteiger partial charge < -0.3 is 14.6 Å². The fourth-order valence-electron chi connectivity index (χ4n) is 3.62. The van der Waals surface area contributed by atoms with Gasteiger partial charge in [-0.3, -0.25) is 4.79 Å². The molecule has 3 heterocycles. The summed E-state index contributed by atoms with van der Waals surface area (Å²) in [5.41, 5.74) is 1.47. The molecule has 0 bridgehead atoms. The third-order valence-corrected chi connectivity index (χ3v) is 7.16. The maximum absolute atomic E-state index is 13.2. The monoisotopic (exact) mass is 454 g/mol. The second kappa shape index (κ2) is 9.54. The number of anilines is 2. The summed E-state index contributed by atoms with van der Waals surface area (Å²) in [6.45, 7) is 3.44. The largest absolute Gasteiger partial charge is 0.468 e. The standard InChI is InChI=1S/C23H26N4O4S/c1-18-6-9-21(10-7-18)32(29,30)27(16-20-5-4-14-31-20)17-23(28)25-19-8-11-22(24-15-19)26-12-2-3-13-26/h4-11,14-15H,2-3,12-13,16-17H2,1H3,(H,25,28). The van der Waals surface area contributed by atoms with Crippen molar-refractivity contribution in [2.45, 2.75) is 31.2 Å². The Labute approximate surface area is 187 Å². The molecule has 32 heavy (non-hydrogen) atoms. The van der Waals surface area contributed by atoms with Crippen LogP contribution in [0.5, 0.6) is 0 Å². The summed E-state index contributed by atoms with van der Waals surface area (Å²) in [5.74, 6) is 0.870. The van der Waals surface area contributed by atoms with Crippen LogP contribution in [-0.2, 0) is 21.4 Å². The van der Waals surface area contributed by atoms with E-state index in [1.807, 2.05) is 13.0 Å². The van der Waals surface area contributed by atoms with Gasteiger partial charge in [-0.1, -0.05) is 17.7 Å². The Morgan fingerprint density at radius 2 is 1.88 bits per heavy atom. The van der Waals surface area contributed by atoms with Crippen molar-refractivity contribution in [2.75, 3.05) is 29.9 Å². The average molecular weight is 455 g/mol. The third kappa shape index (κ3) is 5.17. The van der Waals surface area contributed by atoms with Crippen LogP contribution in [-0.4, -0.2) is 43.2 Å². The summed E-state index contributed by atoms with van der Waals surface area (Å²) in [6, 6.07) is 13.5. The first-order valence-corrected chi connectivity index (χ1v) is 12.0. The predicted molar refractivity (Wildman–Crippen MR) is 122 cm³/mol. The third-order valence-electron chi connectivity index (χ3n) is 5.35. The van der Waals surface area contributed by atoms with Gasteiger partial charge in [-0.15, -0.1) is 0 Å². The lowest BCUT2D eigenvalue weighted by atomic mass is 10.2. The SMILES string of the molecule is Cc1ccc(S(=O)(=O)N(CC(=O)Nc2ccc(N3CCCC3)nc2)Cc2ccco2)cc1. The van der Waals surface area contributed by atoms with Crippen molar-refractivity contribution in [2.24, 2.45) is 0 Å². The van der Waals surface area contributed by atoms with Crippen LogP contribution in [0.25, 0.3) is 0 Å². The Hall–Kier alpha value is -3.17. The van der Waals surface area contributed by atoms with Crippen LogP contribution in [0.3, 0.4) is 0 Å². The van der Waals surface area contributed by atoms with E-state index in [0.717, 1.165) is 41.6 Å². The van der Waals surface area contributed by atoms with Crippen molar-refractivity contribution >= 4 is 27.4 Å². The molecule has 0 radical (unpaired) electrons. The van der Waals surface area contributed by atoms with Gasteiger partial charge in [0, 0.05) is 13.1 Å². The number of sulfonamides is 1. The van der Waals surface area contributed by atoms with E-state index < -0.39 is 15.9 Å². The Morgan fingerprint density at radius 3 is 2.50 bits per heavy atom. The minimum Gasteiger partial charge on any atom is -0.468 e. The fraction of sp³-hybridized carbons (Fsp3) is 0.304. The molecule has 2 aromatic heterocycles. The van der Waals surface area contributed by atoms with E-state index in [9.17, 15) is 13.2 Å². The smallest absolute Gasteiger partial charge is 0.243 e. The number of hydrogen-bond acceptors (Lipinski definition) is 6. The summed E-state index contributed by atoms with van der Waals surface area (Å²) in [6.07, 6.45) is 5.37. The minimum absolute atomic E-state index is 0.0528. The molecule has 8 nitrogen and oxygen atoms in total. The van der Waals surface area contributed by atoms with Crippen LogP contribution in [0.15, 0.2) is 70.3 Å². The van der Waals surface area contributed by atoms with Crippen LogP contribution >= 0.6 is 0 Å². The summed E-state index contributed by atoms with van der Waals surface area (Å²) in [5, 5.41) is 2.75. The van der Waals surface area contributed by atoms with E-state index >= 15 is 0 Å². The Morgan fingerprint density at radius 1 is 1.12 bits per heavy atom. The molecular formula is C23H26N4O4S. The van der Waals surface area contributed by atoms with E-state index in [4.69, 9.17) is 4.42 Å². The molecular weight excluding hydrogens is 428 g/mol. The molecule has 1 aliphatic rings. The second-order valence-electron chi connectivity index (χ2n) is 7.81. The predicted octanol–water partition coefficient (Wildman–Crippen LogP) is 3.41. The van der Waals surface area contributed by atoms with Gasteiger partial charge in [-0.25, -0.2) is 13.4 Å². The molecule has 0 spiro atoms. The molecule has 1 aliphatic heterocycles. The zero-order chi connectivity index (χ0) is 22.6. The molecule has 1 fully saturated rings. The van der Waals surface area contributed by atoms with E-state index in [1.165, 1.54) is 6.26 Å². The number of nitrogens with zero attached hydrogens (tertiary/aromatic N) is 3. The number of hydrogen-bond donors (Lipinski definition) is 1. The maximum atomic E-state index is 13.2. The molecule has 3 aromatic rings. The fourth-order valence-corrected chi connectivity index (χ4v) is 4.98. The highest BCUT2D eigenvalue weighted by molar-refractivity contribution is 7.89. The van der Waals surface area contributed by atoms with Gasteiger partial charge in [0.1, 0.15) is 11.6 Å². The van der Waals surface area contributed by atoms with Crippen molar-refractivity contribution < 1.29 is 17.6 Å². The normalized spacial score (nSPS) is 14.1. The zero-order valence-corrected chi connectivity index (χ0v) is 18.7. The number of carbonyl (C=O) groups excluding carboxylic acids is 1. The number of pyridine rings is 1. The lowest BCUT2D eigenvalue weighted by Gasteiger charge is -2.21. The topological polar surface area (TPSA) is 95.8 Å². The van der Waals surface area contributed by atoms with E-state index in [0.29, 0.717) is 11.4 Å². The number of aryl methyl sites for hydroxylation is 1. The number of nitrogens with one attached hydrogen (secondary N) is 1. The Kier molecular flexibility index (Phi) is 6.57. The summed E-state index contributed by atoms with van der Waals surface area (Å²) < 4.78 is 32.9. The van der Waals surface area contributed by atoms with Crippen molar-refractivity contribution in [3.05, 3.63) is 72.3 Å². The quantitative estimate of drug-likeness (QED) is 0.560. The minimum atomic E-state index is -3.91. The van der Waals surface area contributed by atoms with Crippen LogP contribution in [0.1, 0.15) is 24.2 Å². The van der Waals surface area contributed by atoms with Gasteiger partial charge in [-0.05, 0) is 56.2 Å². The van der Waals surface area contributed by atoms with Crippen LogP contribution < -0.4 is 10.2 Å². The van der Waals surface area contributed by atoms with Gasteiger partial charge in [-0.2, -0.15) is 4.31 Å². The lowest BCUT2D eigenvalue weighted by Crippen LogP contribution is -2.37.